The summed E-state index contributed by atoms with van der Waals surface area (Å²) in [6.07, 6.45) is -4.72. The van der Waals surface area contributed by atoms with Crippen LogP contribution in [-0.4, -0.2) is 30.2 Å². The molecule has 2 atom stereocenters. The van der Waals surface area contributed by atoms with Crippen molar-refractivity contribution < 1.29 is 36.0 Å². The zero-order chi connectivity index (χ0) is 23.5. The number of nitrogens with one attached hydrogen (secondary N) is 1. The van der Waals surface area contributed by atoms with E-state index in [2.05, 4.69) is 14.4 Å². The molecule has 13 heteroatoms. The van der Waals surface area contributed by atoms with Crippen molar-refractivity contribution >= 4 is 38.9 Å². The van der Waals surface area contributed by atoms with Crippen LogP contribution >= 0.6 is 22.9 Å². The van der Waals surface area contributed by atoms with Gasteiger partial charge in [0.1, 0.15) is 15.4 Å². The smallest absolute Gasteiger partial charge is 0.452 e. The average molecular weight is 507 g/mol. The van der Waals surface area contributed by atoms with Gasteiger partial charge in [-0.1, -0.05) is 35.8 Å². The van der Waals surface area contributed by atoms with Gasteiger partial charge in [0.15, 0.2) is 0 Å². The van der Waals surface area contributed by atoms with E-state index in [1.165, 1.54) is 12.1 Å². The Bertz CT molecular complexity index is 1300. The van der Waals surface area contributed by atoms with Gasteiger partial charge in [0, 0.05) is 16.5 Å². The Balaban J connectivity index is 1.62. The number of alkyl halides is 3. The summed E-state index contributed by atoms with van der Waals surface area (Å²) in [5.41, 5.74) is -2.40. The third-order valence-corrected chi connectivity index (χ3v) is 8.82. The molecule has 1 fully saturated rings. The fourth-order valence-corrected chi connectivity index (χ4v) is 6.40. The van der Waals surface area contributed by atoms with E-state index >= 15 is 0 Å². The van der Waals surface area contributed by atoms with Gasteiger partial charge < -0.3 is 9.63 Å². The molecule has 0 bridgehead atoms. The second-order valence-electron chi connectivity index (χ2n) is 7.52. The molecule has 170 valence electrons. The molecule has 1 saturated carbocycles. The van der Waals surface area contributed by atoms with E-state index in [-0.39, 0.29) is 21.2 Å². The van der Waals surface area contributed by atoms with Crippen molar-refractivity contribution in [3.05, 3.63) is 58.8 Å². The Morgan fingerprint density at radius 1 is 1.25 bits per heavy atom. The van der Waals surface area contributed by atoms with Crippen molar-refractivity contribution in [2.24, 2.45) is 0 Å². The van der Waals surface area contributed by atoms with E-state index < -0.39 is 38.9 Å². The molecular formula is C19H14ClF3N2O5S2. The van der Waals surface area contributed by atoms with E-state index in [4.69, 9.17) is 11.6 Å². The number of benzene rings is 1. The molecule has 0 aliphatic heterocycles. The minimum Gasteiger partial charge on any atom is -0.480 e. The van der Waals surface area contributed by atoms with E-state index in [0.29, 0.717) is 28.0 Å². The first-order valence-electron chi connectivity index (χ1n) is 8.96. The maximum atomic E-state index is 13.0. The second-order valence-corrected chi connectivity index (χ2v) is 11.0. The molecule has 1 aliphatic carbocycles. The number of sulfonamides is 1. The van der Waals surface area contributed by atoms with Crippen LogP contribution in [0, 0.1) is 0 Å². The van der Waals surface area contributed by atoms with Crippen LogP contribution in [0.4, 0.5) is 13.2 Å². The van der Waals surface area contributed by atoms with Gasteiger partial charge in [-0.15, -0.1) is 11.3 Å². The average Bonchev–Trinajstić information content (AvgIpc) is 3.13. The van der Waals surface area contributed by atoms with Crippen molar-refractivity contribution in [3.63, 3.8) is 0 Å². The van der Waals surface area contributed by atoms with Gasteiger partial charge in [-0.2, -0.15) is 17.9 Å². The molecule has 4 rings (SSSR count). The normalized spacial score (nSPS) is 23.3. The number of aromatic nitrogens is 1. The highest BCUT2D eigenvalue weighted by Crippen LogP contribution is 2.58. The number of carbonyl (C=O) groups is 1. The molecule has 7 nitrogen and oxygen atoms in total. The first-order valence-corrected chi connectivity index (χ1v) is 11.6. The van der Waals surface area contributed by atoms with E-state index in [1.54, 1.807) is 31.2 Å². The van der Waals surface area contributed by atoms with Gasteiger partial charge in [-0.25, -0.2) is 8.42 Å². The van der Waals surface area contributed by atoms with Crippen LogP contribution < -0.4 is 4.72 Å². The SMILES string of the molecule is C[C@@]1(c2ccc(Cl)cc2)C[C@]1(NS(=O)(=O)c1ccc(-c2cc(C(F)(F)F)on2)s1)C(=O)O. The van der Waals surface area contributed by atoms with E-state index in [1.807, 2.05) is 0 Å². The summed E-state index contributed by atoms with van der Waals surface area (Å²) >= 11 is 6.53. The van der Waals surface area contributed by atoms with Crippen LogP contribution in [0.1, 0.15) is 24.7 Å². The fraction of sp³-hybridized carbons (Fsp3) is 0.263. The number of rotatable bonds is 6. The van der Waals surface area contributed by atoms with Gasteiger partial charge in [0.05, 0.1) is 4.88 Å². The second kappa shape index (κ2) is 7.30. The number of hydrogen-bond acceptors (Lipinski definition) is 6. The lowest BCUT2D eigenvalue weighted by Crippen LogP contribution is -2.47. The minimum atomic E-state index is -4.73. The van der Waals surface area contributed by atoms with Gasteiger partial charge in [-0.05, 0) is 36.2 Å². The first-order chi connectivity index (χ1) is 14.8. The van der Waals surface area contributed by atoms with Crippen LogP contribution in [0.3, 0.4) is 0 Å². The zero-order valence-corrected chi connectivity index (χ0v) is 18.5. The molecule has 3 aromatic rings. The maximum Gasteiger partial charge on any atom is 0.452 e. The highest BCUT2D eigenvalue weighted by molar-refractivity contribution is 7.91. The minimum absolute atomic E-state index is 0.00660. The molecule has 0 spiro atoms. The molecule has 2 N–H and O–H groups in total. The van der Waals surface area contributed by atoms with Crippen LogP contribution in [-0.2, 0) is 26.4 Å². The highest BCUT2D eigenvalue weighted by Gasteiger charge is 2.72. The summed E-state index contributed by atoms with van der Waals surface area (Å²) in [6, 6.07) is 9.53. The summed E-state index contributed by atoms with van der Waals surface area (Å²) < 4.78 is 70.4. The Labute approximate surface area is 188 Å². The molecule has 2 heterocycles. The lowest BCUT2D eigenvalue weighted by atomic mass is 9.93. The number of aliphatic carboxylic acids is 1. The number of carboxylic acid groups (broad SMARTS) is 1. The lowest BCUT2D eigenvalue weighted by Gasteiger charge is -2.20. The number of halogens is 4. The van der Waals surface area contributed by atoms with Crippen molar-refractivity contribution in [2.45, 2.75) is 34.7 Å². The number of thiophene rings is 1. The van der Waals surface area contributed by atoms with Gasteiger partial charge in [0.2, 0.25) is 5.76 Å². The van der Waals surface area contributed by atoms with Crippen LogP contribution in [0.15, 0.2) is 51.2 Å². The molecule has 2 aromatic heterocycles. The summed E-state index contributed by atoms with van der Waals surface area (Å²) in [6.45, 7) is 1.63. The lowest BCUT2D eigenvalue weighted by molar-refractivity contribution is -0.155. The van der Waals surface area contributed by atoms with Crippen molar-refractivity contribution in [1.29, 1.82) is 0 Å². The molecule has 1 aromatic carbocycles. The van der Waals surface area contributed by atoms with Gasteiger partial charge in [0.25, 0.3) is 10.0 Å². The molecule has 0 radical (unpaired) electrons. The standard InChI is InChI=1S/C19H14ClF3N2O5S2/c1-17(10-2-4-11(20)5-3-10)9-18(17,16(26)27)25-32(28,29)15-7-6-13(31-15)12-8-14(30-24-12)19(21,22)23/h2-8,25H,9H2,1H3,(H,26,27)/t17-,18-/m0/s1. The fourth-order valence-electron chi connectivity index (χ4n) is 3.56. The zero-order valence-electron chi connectivity index (χ0n) is 16.1. The largest absolute Gasteiger partial charge is 0.480 e. The van der Waals surface area contributed by atoms with Crippen molar-refractivity contribution in [2.75, 3.05) is 0 Å². The Morgan fingerprint density at radius 3 is 2.47 bits per heavy atom. The molecule has 32 heavy (non-hydrogen) atoms. The highest BCUT2D eigenvalue weighted by atomic mass is 35.5. The van der Waals surface area contributed by atoms with Gasteiger partial charge >= 0.3 is 12.1 Å². The van der Waals surface area contributed by atoms with Crippen LogP contribution in [0.5, 0.6) is 0 Å². The van der Waals surface area contributed by atoms with E-state index in [0.717, 1.165) is 0 Å². The first kappa shape index (κ1) is 22.8. The number of carboxylic acids is 1. The monoisotopic (exact) mass is 506 g/mol. The third-order valence-electron chi connectivity index (χ3n) is 5.48. The number of hydrogen-bond donors (Lipinski definition) is 2. The molecular weight excluding hydrogens is 493 g/mol. The Hall–Kier alpha value is -2.41. The van der Waals surface area contributed by atoms with Crippen molar-refractivity contribution in [1.82, 2.24) is 9.88 Å². The molecule has 0 saturated heterocycles. The van der Waals surface area contributed by atoms with Gasteiger partial charge in [-0.3, -0.25) is 4.79 Å². The Morgan fingerprint density at radius 2 is 1.91 bits per heavy atom. The van der Waals surface area contributed by atoms with Crippen LogP contribution in [0.2, 0.25) is 5.02 Å². The maximum absolute atomic E-state index is 13.0. The molecule has 0 amide bonds. The Kier molecular flexibility index (Phi) is 5.20. The van der Waals surface area contributed by atoms with Crippen LogP contribution in [0.25, 0.3) is 10.6 Å². The summed E-state index contributed by atoms with van der Waals surface area (Å²) in [7, 11) is -4.32. The summed E-state index contributed by atoms with van der Waals surface area (Å²) in [5, 5.41) is 13.6. The predicted molar refractivity (Wildman–Crippen MR) is 109 cm³/mol. The predicted octanol–water partition coefficient (Wildman–Crippen LogP) is 4.54. The topological polar surface area (TPSA) is 110 Å². The molecule has 0 unspecified atom stereocenters. The summed E-state index contributed by atoms with van der Waals surface area (Å²) in [5.74, 6) is -2.66. The number of nitrogens with zero attached hydrogens (tertiary/aromatic N) is 1. The summed E-state index contributed by atoms with van der Waals surface area (Å²) in [4.78, 5) is 12.2. The third kappa shape index (κ3) is 3.70. The quantitative estimate of drug-likeness (QED) is 0.508. The van der Waals surface area contributed by atoms with E-state index in [9.17, 15) is 31.5 Å². The molecule has 1 aliphatic rings. The van der Waals surface area contributed by atoms with Crippen molar-refractivity contribution in [3.8, 4) is 10.6 Å².